The predicted octanol–water partition coefficient (Wildman–Crippen LogP) is 4.67. The van der Waals surface area contributed by atoms with Gasteiger partial charge in [-0.2, -0.15) is 0 Å². The first-order valence-electron chi connectivity index (χ1n) is 7.15. The van der Waals surface area contributed by atoms with Crippen molar-refractivity contribution in [3.05, 3.63) is 78.6 Å². The van der Waals surface area contributed by atoms with Gasteiger partial charge in [-0.05, 0) is 41.5 Å². The van der Waals surface area contributed by atoms with E-state index in [2.05, 4.69) is 15.6 Å². The van der Waals surface area contributed by atoms with Crippen molar-refractivity contribution in [3.8, 4) is 11.1 Å². The maximum Gasteiger partial charge on any atom is 0.323 e. The van der Waals surface area contributed by atoms with Crippen LogP contribution in [0, 0.1) is 11.6 Å². The van der Waals surface area contributed by atoms with E-state index in [1.54, 1.807) is 24.5 Å². The smallest absolute Gasteiger partial charge is 0.308 e. The van der Waals surface area contributed by atoms with Gasteiger partial charge >= 0.3 is 6.03 Å². The highest BCUT2D eigenvalue weighted by Crippen LogP contribution is 2.20. The summed E-state index contributed by atoms with van der Waals surface area (Å²) < 4.78 is 26.0. The van der Waals surface area contributed by atoms with Crippen molar-refractivity contribution in [2.75, 3.05) is 10.6 Å². The average molecular weight is 325 g/mol. The highest BCUT2D eigenvalue weighted by molar-refractivity contribution is 5.99. The van der Waals surface area contributed by atoms with Crippen LogP contribution < -0.4 is 10.6 Å². The van der Waals surface area contributed by atoms with Gasteiger partial charge in [0.15, 0.2) is 11.6 Å². The Labute approximate surface area is 137 Å². The number of halogens is 2. The van der Waals surface area contributed by atoms with Crippen LogP contribution in [0.25, 0.3) is 11.1 Å². The number of carbonyl (C=O) groups excluding carboxylic acids is 1. The van der Waals surface area contributed by atoms with Crippen LogP contribution in [0.4, 0.5) is 25.0 Å². The molecule has 0 unspecified atom stereocenters. The van der Waals surface area contributed by atoms with Crippen LogP contribution in [0.2, 0.25) is 0 Å². The molecule has 3 aromatic rings. The second kappa shape index (κ2) is 6.87. The number of aromatic nitrogens is 1. The zero-order valence-corrected chi connectivity index (χ0v) is 12.5. The van der Waals surface area contributed by atoms with Crippen molar-refractivity contribution in [1.82, 2.24) is 4.98 Å². The Morgan fingerprint density at radius 2 is 1.54 bits per heavy atom. The molecule has 3 rings (SSSR count). The van der Waals surface area contributed by atoms with Crippen LogP contribution in [0.3, 0.4) is 0 Å². The fourth-order valence-corrected chi connectivity index (χ4v) is 2.15. The van der Waals surface area contributed by atoms with E-state index in [9.17, 15) is 13.6 Å². The van der Waals surface area contributed by atoms with Gasteiger partial charge < -0.3 is 10.6 Å². The van der Waals surface area contributed by atoms with E-state index >= 15 is 0 Å². The molecule has 1 aromatic heterocycles. The molecule has 24 heavy (non-hydrogen) atoms. The van der Waals surface area contributed by atoms with Crippen LogP contribution in [0.15, 0.2) is 67.0 Å². The molecule has 1 heterocycles. The Balaban J connectivity index is 1.65. The van der Waals surface area contributed by atoms with Gasteiger partial charge in [-0.25, -0.2) is 13.6 Å². The zero-order valence-electron chi connectivity index (χ0n) is 12.5. The first kappa shape index (κ1) is 15.6. The number of benzene rings is 2. The number of nitrogens with zero attached hydrogens (tertiary/aromatic N) is 1. The van der Waals surface area contributed by atoms with Crippen LogP contribution in [-0.2, 0) is 0 Å². The number of hydrogen-bond donors (Lipinski definition) is 2. The van der Waals surface area contributed by atoms with E-state index in [-0.39, 0.29) is 5.69 Å². The van der Waals surface area contributed by atoms with Gasteiger partial charge in [-0.3, -0.25) is 4.98 Å². The molecule has 2 amide bonds. The lowest BCUT2D eigenvalue weighted by molar-refractivity contribution is 0.262. The van der Waals surface area contributed by atoms with E-state index in [1.165, 1.54) is 6.07 Å². The molecule has 2 aromatic carbocycles. The Hall–Kier alpha value is -3.28. The van der Waals surface area contributed by atoms with Gasteiger partial charge in [0, 0.05) is 29.8 Å². The third kappa shape index (κ3) is 3.73. The molecule has 0 aliphatic heterocycles. The summed E-state index contributed by atoms with van der Waals surface area (Å²) in [7, 11) is 0. The summed E-state index contributed by atoms with van der Waals surface area (Å²) in [5.74, 6) is -1.99. The Bertz CT molecular complexity index is 852. The fraction of sp³-hybridized carbons (Fsp3) is 0. The summed E-state index contributed by atoms with van der Waals surface area (Å²) in [4.78, 5) is 15.9. The SMILES string of the molecule is O=C(Nc1ccc(-c2cccnc2)cc1)Nc1ccc(F)c(F)c1. The normalized spacial score (nSPS) is 10.2. The molecule has 0 saturated carbocycles. The molecule has 120 valence electrons. The average Bonchev–Trinajstić information content (AvgIpc) is 2.59. The number of amides is 2. The molecule has 4 nitrogen and oxygen atoms in total. The standard InChI is InChI=1S/C18H13F2N3O/c19-16-8-7-15(10-17(16)20)23-18(24)22-14-5-3-12(4-6-14)13-2-1-9-21-11-13/h1-11H,(H2,22,23,24). The fourth-order valence-electron chi connectivity index (χ4n) is 2.15. The number of carbonyl (C=O) groups is 1. The summed E-state index contributed by atoms with van der Waals surface area (Å²) in [6.45, 7) is 0. The van der Waals surface area contributed by atoms with E-state index < -0.39 is 17.7 Å². The van der Waals surface area contributed by atoms with Crippen LogP contribution in [0.5, 0.6) is 0 Å². The van der Waals surface area contributed by atoms with Gasteiger partial charge in [0.05, 0.1) is 0 Å². The van der Waals surface area contributed by atoms with E-state index in [1.807, 2.05) is 24.3 Å². The molecule has 0 atom stereocenters. The van der Waals surface area contributed by atoms with Crippen LogP contribution >= 0.6 is 0 Å². The minimum absolute atomic E-state index is 0.165. The highest BCUT2D eigenvalue weighted by Gasteiger charge is 2.06. The third-order valence-electron chi connectivity index (χ3n) is 3.32. The first-order valence-corrected chi connectivity index (χ1v) is 7.15. The first-order chi connectivity index (χ1) is 11.6. The predicted molar refractivity (Wildman–Crippen MR) is 88.7 cm³/mol. The van der Waals surface area contributed by atoms with Gasteiger partial charge in [0.2, 0.25) is 0 Å². The largest absolute Gasteiger partial charge is 0.323 e. The topological polar surface area (TPSA) is 54.0 Å². The Morgan fingerprint density at radius 1 is 0.833 bits per heavy atom. The molecular weight excluding hydrogens is 312 g/mol. The maximum absolute atomic E-state index is 13.1. The van der Waals surface area contributed by atoms with E-state index in [4.69, 9.17) is 0 Å². The van der Waals surface area contributed by atoms with Crippen LogP contribution in [0.1, 0.15) is 0 Å². The van der Waals surface area contributed by atoms with Crippen molar-refractivity contribution in [3.63, 3.8) is 0 Å². The molecule has 0 bridgehead atoms. The highest BCUT2D eigenvalue weighted by atomic mass is 19.2. The molecule has 0 fully saturated rings. The summed E-state index contributed by atoms with van der Waals surface area (Å²) in [5.41, 5.74) is 2.67. The molecule has 0 aliphatic carbocycles. The van der Waals surface area contributed by atoms with Crippen molar-refractivity contribution >= 4 is 17.4 Å². The van der Waals surface area contributed by atoms with Gasteiger partial charge in [0.1, 0.15) is 0 Å². The number of nitrogens with one attached hydrogen (secondary N) is 2. The van der Waals surface area contributed by atoms with Gasteiger partial charge in [0.25, 0.3) is 0 Å². The number of urea groups is 1. The number of pyridine rings is 1. The van der Waals surface area contributed by atoms with E-state index in [0.29, 0.717) is 5.69 Å². The van der Waals surface area contributed by atoms with Crippen molar-refractivity contribution in [2.24, 2.45) is 0 Å². The molecule has 0 saturated heterocycles. The lowest BCUT2D eigenvalue weighted by Crippen LogP contribution is -2.19. The minimum atomic E-state index is -1.02. The van der Waals surface area contributed by atoms with Crippen molar-refractivity contribution in [2.45, 2.75) is 0 Å². The molecule has 6 heteroatoms. The molecule has 0 radical (unpaired) electrons. The number of hydrogen-bond acceptors (Lipinski definition) is 2. The number of anilines is 2. The molecule has 0 aliphatic rings. The Morgan fingerprint density at radius 3 is 2.21 bits per heavy atom. The minimum Gasteiger partial charge on any atom is -0.308 e. The monoisotopic (exact) mass is 325 g/mol. The summed E-state index contributed by atoms with van der Waals surface area (Å²) in [6, 6.07) is 13.6. The lowest BCUT2D eigenvalue weighted by Gasteiger charge is -2.09. The maximum atomic E-state index is 13.1. The number of rotatable bonds is 3. The third-order valence-corrected chi connectivity index (χ3v) is 3.32. The van der Waals surface area contributed by atoms with E-state index in [0.717, 1.165) is 23.3 Å². The molecule has 0 spiro atoms. The second-order valence-corrected chi connectivity index (χ2v) is 5.03. The van der Waals surface area contributed by atoms with Gasteiger partial charge in [-0.1, -0.05) is 18.2 Å². The molecule has 2 N–H and O–H groups in total. The Kier molecular flexibility index (Phi) is 4.47. The lowest BCUT2D eigenvalue weighted by atomic mass is 10.1. The zero-order chi connectivity index (χ0) is 16.9. The summed E-state index contributed by atoms with van der Waals surface area (Å²) >= 11 is 0. The van der Waals surface area contributed by atoms with Crippen LogP contribution in [-0.4, -0.2) is 11.0 Å². The quantitative estimate of drug-likeness (QED) is 0.735. The summed E-state index contributed by atoms with van der Waals surface area (Å²) in [6.07, 6.45) is 3.44. The summed E-state index contributed by atoms with van der Waals surface area (Å²) in [5, 5.41) is 5.06. The van der Waals surface area contributed by atoms with Gasteiger partial charge in [-0.15, -0.1) is 0 Å². The van der Waals surface area contributed by atoms with Crippen molar-refractivity contribution in [1.29, 1.82) is 0 Å². The second-order valence-electron chi connectivity index (χ2n) is 5.03. The molecular formula is C18H13F2N3O. The van der Waals surface area contributed by atoms with Crippen molar-refractivity contribution < 1.29 is 13.6 Å².